The molecule has 2 unspecified atom stereocenters. The standard InChI is InChI=1S/C11H13F2N/c1-6-5-14-7(2)8-3-4-9(12)11(13)10(6)8/h3-4,6-7,14H,5H2,1-2H3. The summed E-state index contributed by atoms with van der Waals surface area (Å²) in [6.45, 7) is 4.57. The van der Waals surface area contributed by atoms with Gasteiger partial charge in [0.2, 0.25) is 0 Å². The van der Waals surface area contributed by atoms with Crippen LogP contribution in [0, 0.1) is 11.6 Å². The maximum Gasteiger partial charge on any atom is 0.162 e. The molecule has 2 rings (SSSR count). The molecule has 0 amide bonds. The molecule has 0 aromatic heterocycles. The maximum absolute atomic E-state index is 13.5. The molecule has 0 aliphatic carbocycles. The lowest BCUT2D eigenvalue weighted by Gasteiger charge is -2.29. The highest BCUT2D eigenvalue weighted by Gasteiger charge is 2.25. The van der Waals surface area contributed by atoms with Gasteiger partial charge >= 0.3 is 0 Å². The van der Waals surface area contributed by atoms with E-state index in [4.69, 9.17) is 0 Å². The highest BCUT2D eigenvalue weighted by Crippen LogP contribution is 2.32. The van der Waals surface area contributed by atoms with Crippen LogP contribution in [-0.2, 0) is 0 Å². The fourth-order valence-electron chi connectivity index (χ4n) is 2.03. The fraction of sp³-hybridized carbons (Fsp3) is 0.455. The molecule has 1 aromatic rings. The molecule has 3 heteroatoms. The van der Waals surface area contributed by atoms with Gasteiger partial charge in [0.25, 0.3) is 0 Å². The third-order valence-electron chi connectivity index (χ3n) is 2.86. The lowest BCUT2D eigenvalue weighted by atomic mass is 9.88. The smallest absolute Gasteiger partial charge is 0.162 e. The highest BCUT2D eigenvalue weighted by molar-refractivity contribution is 5.36. The van der Waals surface area contributed by atoms with E-state index in [9.17, 15) is 8.78 Å². The largest absolute Gasteiger partial charge is 0.310 e. The molecule has 1 nitrogen and oxygen atoms in total. The van der Waals surface area contributed by atoms with E-state index in [1.54, 1.807) is 6.07 Å². The Morgan fingerprint density at radius 2 is 2.00 bits per heavy atom. The summed E-state index contributed by atoms with van der Waals surface area (Å²) in [5.41, 5.74) is 1.42. The van der Waals surface area contributed by atoms with Crippen LogP contribution in [0.25, 0.3) is 0 Å². The van der Waals surface area contributed by atoms with Crippen molar-refractivity contribution in [3.8, 4) is 0 Å². The SMILES string of the molecule is CC1CNC(C)c2ccc(F)c(F)c21. The van der Waals surface area contributed by atoms with Crippen LogP contribution < -0.4 is 5.32 Å². The van der Waals surface area contributed by atoms with Gasteiger partial charge in [0.05, 0.1) is 0 Å². The first-order chi connectivity index (χ1) is 6.61. The zero-order valence-corrected chi connectivity index (χ0v) is 8.27. The van der Waals surface area contributed by atoms with Gasteiger partial charge in [-0.1, -0.05) is 13.0 Å². The first-order valence-electron chi connectivity index (χ1n) is 4.82. The Morgan fingerprint density at radius 1 is 1.29 bits per heavy atom. The van der Waals surface area contributed by atoms with E-state index in [2.05, 4.69) is 5.32 Å². The predicted molar refractivity (Wildman–Crippen MR) is 51.2 cm³/mol. The van der Waals surface area contributed by atoms with Crippen molar-refractivity contribution in [2.24, 2.45) is 0 Å². The number of halogens is 2. The molecule has 0 saturated carbocycles. The minimum Gasteiger partial charge on any atom is -0.310 e. The molecule has 1 N–H and O–H groups in total. The molecule has 1 aromatic carbocycles. The average Bonchev–Trinajstić information content (AvgIpc) is 2.16. The van der Waals surface area contributed by atoms with Crippen molar-refractivity contribution in [1.29, 1.82) is 0 Å². The fourth-order valence-corrected chi connectivity index (χ4v) is 2.03. The van der Waals surface area contributed by atoms with Crippen molar-refractivity contribution in [2.45, 2.75) is 25.8 Å². The molecule has 0 fully saturated rings. The number of hydrogen-bond donors (Lipinski definition) is 1. The lowest BCUT2D eigenvalue weighted by Crippen LogP contribution is -2.31. The van der Waals surface area contributed by atoms with Gasteiger partial charge in [0.15, 0.2) is 11.6 Å². The number of benzene rings is 1. The molecule has 14 heavy (non-hydrogen) atoms. The van der Waals surface area contributed by atoms with E-state index < -0.39 is 11.6 Å². The zero-order valence-electron chi connectivity index (χ0n) is 8.27. The van der Waals surface area contributed by atoms with Crippen LogP contribution in [0.3, 0.4) is 0 Å². The van der Waals surface area contributed by atoms with Gasteiger partial charge in [-0.05, 0) is 30.0 Å². The summed E-state index contributed by atoms with van der Waals surface area (Å²) in [6.07, 6.45) is 0. The van der Waals surface area contributed by atoms with Crippen LogP contribution in [0.2, 0.25) is 0 Å². The van der Waals surface area contributed by atoms with Crippen LogP contribution in [-0.4, -0.2) is 6.54 Å². The van der Waals surface area contributed by atoms with Gasteiger partial charge in [0.1, 0.15) is 0 Å². The summed E-state index contributed by atoms with van der Waals surface area (Å²) in [4.78, 5) is 0. The Labute approximate surface area is 82.1 Å². The van der Waals surface area contributed by atoms with Crippen molar-refractivity contribution in [3.05, 3.63) is 34.9 Å². The van der Waals surface area contributed by atoms with Crippen molar-refractivity contribution < 1.29 is 8.78 Å². The van der Waals surface area contributed by atoms with Crippen LogP contribution in [0.4, 0.5) is 8.78 Å². The second-order valence-electron chi connectivity index (χ2n) is 3.90. The minimum absolute atomic E-state index is 0.0388. The maximum atomic E-state index is 13.5. The van der Waals surface area contributed by atoms with Gasteiger partial charge in [-0.25, -0.2) is 8.78 Å². The summed E-state index contributed by atoms with van der Waals surface area (Å²) >= 11 is 0. The van der Waals surface area contributed by atoms with E-state index in [-0.39, 0.29) is 12.0 Å². The molecule has 76 valence electrons. The van der Waals surface area contributed by atoms with Crippen molar-refractivity contribution in [2.75, 3.05) is 6.54 Å². The second-order valence-corrected chi connectivity index (χ2v) is 3.90. The van der Waals surface area contributed by atoms with Crippen LogP contribution in [0.5, 0.6) is 0 Å². The first kappa shape index (κ1) is 9.59. The van der Waals surface area contributed by atoms with Gasteiger partial charge in [-0.2, -0.15) is 0 Å². The van der Waals surface area contributed by atoms with E-state index in [0.29, 0.717) is 12.1 Å². The molecule has 2 atom stereocenters. The number of fused-ring (bicyclic) bond motifs is 1. The summed E-state index contributed by atoms with van der Waals surface area (Å²) in [7, 11) is 0. The van der Waals surface area contributed by atoms with Gasteiger partial charge < -0.3 is 5.32 Å². The normalized spacial score (nSPS) is 26.0. The van der Waals surface area contributed by atoms with Crippen molar-refractivity contribution in [3.63, 3.8) is 0 Å². The number of rotatable bonds is 0. The minimum atomic E-state index is -0.746. The molecule has 1 aliphatic rings. The molecule has 1 heterocycles. The monoisotopic (exact) mass is 197 g/mol. The lowest BCUT2D eigenvalue weighted by molar-refractivity contribution is 0.442. The molecular formula is C11H13F2N. The summed E-state index contributed by atoms with van der Waals surface area (Å²) in [5, 5.41) is 3.25. The molecule has 0 bridgehead atoms. The summed E-state index contributed by atoms with van der Waals surface area (Å²) in [6, 6.07) is 2.97. The van der Waals surface area contributed by atoms with Gasteiger partial charge in [-0.3, -0.25) is 0 Å². The van der Waals surface area contributed by atoms with Gasteiger partial charge in [-0.15, -0.1) is 0 Å². The zero-order chi connectivity index (χ0) is 10.3. The van der Waals surface area contributed by atoms with Gasteiger partial charge in [0, 0.05) is 12.6 Å². The van der Waals surface area contributed by atoms with E-state index >= 15 is 0 Å². The quantitative estimate of drug-likeness (QED) is 0.674. The Bertz CT molecular complexity index is 363. The van der Waals surface area contributed by atoms with Crippen LogP contribution in [0.1, 0.15) is 36.9 Å². The Hall–Kier alpha value is -0.960. The van der Waals surface area contributed by atoms with E-state index in [1.165, 1.54) is 6.07 Å². The number of hydrogen-bond acceptors (Lipinski definition) is 1. The third kappa shape index (κ3) is 1.32. The average molecular weight is 197 g/mol. The topological polar surface area (TPSA) is 12.0 Å². The van der Waals surface area contributed by atoms with Crippen LogP contribution in [0.15, 0.2) is 12.1 Å². The Kier molecular flexibility index (Phi) is 2.27. The first-order valence-corrected chi connectivity index (χ1v) is 4.82. The Balaban J connectivity index is 2.61. The third-order valence-corrected chi connectivity index (χ3v) is 2.86. The second kappa shape index (κ2) is 3.31. The molecule has 0 saturated heterocycles. The molecule has 0 spiro atoms. The summed E-state index contributed by atoms with van der Waals surface area (Å²) < 4.78 is 26.5. The molecule has 1 aliphatic heterocycles. The predicted octanol–water partition coefficient (Wildman–Crippen LogP) is 2.73. The Morgan fingerprint density at radius 3 is 2.71 bits per heavy atom. The van der Waals surface area contributed by atoms with E-state index in [0.717, 1.165) is 5.56 Å². The molecule has 0 radical (unpaired) electrons. The molecular weight excluding hydrogens is 184 g/mol. The van der Waals surface area contributed by atoms with Crippen molar-refractivity contribution >= 4 is 0 Å². The highest BCUT2D eigenvalue weighted by atomic mass is 19.2. The van der Waals surface area contributed by atoms with Crippen molar-refractivity contribution in [1.82, 2.24) is 5.32 Å². The summed E-state index contributed by atoms with van der Waals surface area (Å²) in [5.74, 6) is -1.38. The van der Waals surface area contributed by atoms with E-state index in [1.807, 2.05) is 13.8 Å². The number of nitrogens with one attached hydrogen (secondary N) is 1. The van der Waals surface area contributed by atoms with Crippen LogP contribution >= 0.6 is 0 Å².